The molecule has 0 fully saturated rings. The van der Waals surface area contributed by atoms with Gasteiger partial charge in [-0.05, 0) is 38.5 Å². The highest BCUT2D eigenvalue weighted by molar-refractivity contribution is 5.93. The fourth-order valence-corrected chi connectivity index (χ4v) is 3.94. The molecule has 2 N–H and O–H groups in total. The Hall–Kier alpha value is -3.60. The number of halogens is 2. The molecule has 1 aromatic carbocycles. The molecular formula is C22H21F2N5O4. The molecule has 4 aromatic rings. The predicted molar refractivity (Wildman–Crippen MR) is 111 cm³/mol. The lowest BCUT2D eigenvalue weighted by Gasteiger charge is -2.32. The summed E-state index contributed by atoms with van der Waals surface area (Å²) in [6.45, 7) is 4.77. The Morgan fingerprint density at radius 1 is 1.30 bits per heavy atom. The number of amides is 1. The van der Waals surface area contributed by atoms with E-state index in [2.05, 4.69) is 19.9 Å². The molecule has 1 amide bonds. The summed E-state index contributed by atoms with van der Waals surface area (Å²) in [4.78, 5) is 30.5. The second-order valence-corrected chi connectivity index (χ2v) is 8.53. The smallest absolute Gasteiger partial charge is 0.292 e. The van der Waals surface area contributed by atoms with Crippen molar-refractivity contribution >= 4 is 17.0 Å². The topological polar surface area (TPSA) is 121 Å². The number of rotatable bonds is 4. The minimum absolute atomic E-state index is 0.178. The number of hydrogen-bond acceptors (Lipinski definition) is 7. The third-order valence-electron chi connectivity index (χ3n) is 5.56. The zero-order chi connectivity index (χ0) is 23.5. The van der Waals surface area contributed by atoms with Gasteiger partial charge in [0.1, 0.15) is 11.1 Å². The van der Waals surface area contributed by atoms with Crippen LogP contribution in [0.2, 0.25) is 0 Å². The van der Waals surface area contributed by atoms with Gasteiger partial charge in [0.05, 0.1) is 12.0 Å². The molecule has 0 radical (unpaired) electrons. The summed E-state index contributed by atoms with van der Waals surface area (Å²) in [5.41, 5.74) is 0.962. The highest BCUT2D eigenvalue weighted by atomic mass is 19.3. The number of fused-ring (bicyclic) bond motifs is 2. The lowest BCUT2D eigenvalue weighted by atomic mass is 10.0. The van der Waals surface area contributed by atoms with Gasteiger partial charge in [0.15, 0.2) is 17.3 Å². The Balaban J connectivity index is 1.62. The van der Waals surface area contributed by atoms with E-state index >= 15 is 0 Å². The highest BCUT2D eigenvalue weighted by Gasteiger charge is 2.41. The number of carbonyl (C=O) groups excluding carboxylic acids is 1. The van der Waals surface area contributed by atoms with Crippen LogP contribution >= 0.6 is 0 Å². The summed E-state index contributed by atoms with van der Waals surface area (Å²) in [7, 11) is 0. The Kier molecular flexibility index (Phi) is 4.82. The van der Waals surface area contributed by atoms with Gasteiger partial charge in [0.2, 0.25) is 17.5 Å². The molecule has 1 aliphatic rings. The fraction of sp³-hybridized carbons (Fsp3) is 0.364. The van der Waals surface area contributed by atoms with Crippen molar-refractivity contribution in [3.8, 4) is 0 Å². The maximum atomic E-state index is 13.7. The Labute approximate surface area is 186 Å². The first-order valence-corrected chi connectivity index (χ1v) is 10.4. The van der Waals surface area contributed by atoms with Crippen LogP contribution in [0.15, 0.2) is 33.4 Å². The molecule has 4 heterocycles. The maximum absolute atomic E-state index is 13.7. The van der Waals surface area contributed by atoms with Gasteiger partial charge in [-0.15, -0.1) is 0 Å². The predicted octanol–water partition coefficient (Wildman–Crippen LogP) is 3.80. The second kappa shape index (κ2) is 7.48. The number of aryl methyl sites for hydroxylation is 1. The number of aliphatic hydroxyl groups is 1. The van der Waals surface area contributed by atoms with E-state index in [1.807, 2.05) is 19.1 Å². The molecule has 9 nitrogen and oxygen atoms in total. The molecule has 3 aromatic heterocycles. The van der Waals surface area contributed by atoms with E-state index < -0.39 is 35.4 Å². The number of nitrogens with zero attached hydrogens (tertiary/aromatic N) is 4. The van der Waals surface area contributed by atoms with E-state index in [-0.39, 0.29) is 18.3 Å². The highest BCUT2D eigenvalue weighted by Crippen LogP contribution is 2.37. The van der Waals surface area contributed by atoms with Crippen molar-refractivity contribution in [2.24, 2.45) is 0 Å². The molecule has 0 spiro atoms. The van der Waals surface area contributed by atoms with Gasteiger partial charge >= 0.3 is 0 Å². The number of benzene rings is 1. The number of alkyl halides is 2. The van der Waals surface area contributed by atoms with Crippen LogP contribution in [0.5, 0.6) is 0 Å². The van der Waals surface area contributed by atoms with Crippen LogP contribution in [0.4, 0.5) is 8.78 Å². The molecule has 0 unspecified atom stereocenters. The lowest BCUT2D eigenvalue weighted by molar-refractivity contribution is 0.0436. The normalized spacial score (nSPS) is 16.6. The maximum Gasteiger partial charge on any atom is 0.292 e. The summed E-state index contributed by atoms with van der Waals surface area (Å²) in [5, 5.41) is 10.2. The van der Waals surface area contributed by atoms with Crippen LogP contribution in [0.25, 0.3) is 11.1 Å². The number of carbonyl (C=O) groups is 1. The van der Waals surface area contributed by atoms with E-state index in [1.54, 1.807) is 6.07 Å². The number of aromatic nitrogens is 4. The van der Waals surface area contributed by atoms with Crippen molar-refractivity contribution in [3.05, 3.63) is 64.7 Å². The van der Waals surface area contributed by atoms with Crippen LogP contribution in [-0.2, 0) is 12.0 Å². The van der Waals surface area contributed by atoms with Gasteiger partial charge in [-0.2, -0.15) is 0 Å². The number of H-pyrrole nitrogens is 1. The van der Waals surface area contributed by atoms with Crippen LogP contribution in [0, 0.1) is 6.92 Å². The van der Waals surface area contributed by atoms with Crippen molar-refractivity contribution < 1.29 is 27.5 Å². The fourth-order valence-electron chi connectivity index (χ4n) is 3.94. The molecule has 172 valence electrons. The Bertz CT molecular complexity index is 1350. The number of imidazole rings is 1. The van der Waals surface area contributed by atoms with Crippen molar-refractivity contribution in [1.29, 1.82) is 0 Å². The first-order chi connectivity index (χ1) is 15.6. The summed E-state index contributed by atoms with van der Waals surface area (Å²) < 4.78 is 38.8. The number of nitrogens with one attached hydrogen (secondary N) is 1. The van der Waals surface area contributed by atoms with Gasteiger partial charge in [-0.25, -0.2) is 23.7 Å². The van der Waals surface area contributed by atoms with Crippen LogP contribution < -0.4 is 0 Å². The third kappa shape index (κ3) is 3.58. The minimum Gasteiger partial charge on any atom is -0.438 e. The van der Waals surface area contributed by atoms with Crippen molar-refractivity contribution in [3.63, 3.8) is 0 Å². The average molecular weight is 457 g/mol. The molecule has 0 bridgehead atoms. The zero-order valence-corrected chi connectivity index (χ0v) is 18.1. The minimum atomic E-state index is -3.07. The Morgan fingerprint density at radius 2 is 2.09 bits per heavy atom. The number of oxazole rings is 2. The third-order valence-corrected chi connectivity index (χ3v) is 5.56. The second-order valence-electron chi connectivity index (χ2n) is 8.53. The Morgan fingerprint density at radius 3 is 2.82 bits per heavy atom. The zero-order valence-electron chi connectivity index (χ0n) is 18.1. The van der Waals surface area contributed by atoms with E-state index in [4.69, 9.17) is 8.83 Å². The molecular weight excluding hydrogens is 436 g/mol. The van der Waals surface area contributed by atoms with Gasteiger partial charge in [-0.3, -0.25) is 4.79 Å². The molecule has 0 saturated carbocycles. The number of hydrogen-bond donors (Lipinski definition) is 2. The van der Waals surface area contributed by atoms with Crippen molar-refractivity contribution in [1.82, 2.24) is 24.8 Å². The standard InChI is InChI=1S/C22H21F2N5O4/c1-10-4-5-11-13(8-10)32-19(27-11)16-14-12(25-9-26-14)6-7-29(16)20(30)17-15(18(23)24)28-21(33-17)22(2,3)31/h4-5,8-9,16,18,31H,6-7H2,1-3H3,(H,25,26)/t16-/m0/s1. The van der Waals surface area contributed by atoms with E-state index in [1.165, 1.54) is 25.1 Å². The largest absolute Gasteiger partial charge is 0.438 e. The van der Waals surface area contributed by atoms with Gasteiger partial charge in [0, 0.05) is 18.7 Å². The summed E-state index contributed by atoms with van der Waals surface area (Å²) in [6.07, 6.45) is -1.14. The molecule has 1 aliphatic heterocycles. The summed E-state index contributed by atoms with van der Waals surface area (Å²) in [6, 6.07) is 4.66. The van der Waals surface area contributed by atoms with Gasteiger partial charge in [-0.1, -0.05) is 6.07 Å². The van der Waals surface area contributed by atoms with Gasteiger partial charge < -0.3 is 23.8 Å². The molecule has 0 aliphatic carbocycles. The molecule has 5 rings (SSSR count). The lowest BCUT2D eigenvalue weighted by Crippen LogP contribution is -2.41. The summed E-state index contributed by atoms with van der Waals surface area (Å²) >= 11 is 0. The van der Waals surface area contributed by atoms with Crippen LogP contribution in [0.1, 0.15) is 71.3 Å². The van der Waals surface area contributed by atoms with Gasteiger partial charge in [0.25, 0.3) is 12.3 Å². The molecule has 33 heavy (non-hydrogen) atoms. The molecule has 11 heteroatoms. The molecule has 0 saturated heterocycles. The van der Waals surface area contributed by atoms with Crippen molar-refractivity contribution in [2.45, 2.75) is 45.3 Å². The van der Waals surface area contributed by atoms with Crippen molar-refractivity contribution in [2.75, 3.05) is 6.54 Å². The van der Waals surface area contributed by atoms with Crippen LogP contribution in [0.3, 0.4) is 0 Å². The van der Waals surface area contributed by atoms with Crippen LogP contribution in [-0.4, -0.2) is 42.4 Å². The van der Waals surface area contributed by atoms with E-state index in [0.717, 1.165) is 11.3 Å². The van der Waals surface area contributed by atoms with E-state index in [9.17, 15) is 18.7 Å². The quantitative estimate of drug-likeness (QED) is 0.478. The first-order valence-electron chi connectivity index (χ1n) is 10.4. The molecule has 1 atom stereocenters. The van der Waals surface area contributed by atoms with E-state index in [0.29, 0.717) is 23.2 Å². The summed E-state index contributed by atoms with van der Waals surface area (Å²) in [5.74, 6) is -1.60. The average Bonchev–Trinajstić information content (AvgIpc) is 3.48. The first kappa shape index (κ1) is 21.3. The SMILES string of the molecule is Cc1ccc2nc([C@@H]3c4nc[nH]c4CCN3C(=O)c3oc(C(C)(C)O)nc3C(F)F)oc2c1. The number of aromatic amines is 1. The monoisotopic (exact) mass is 457 g/mol.